The van der Waals surface area contributed by atoms with Gasteiger partial charge in [0.25, 0.3) is 0 Å². The summed E-state index contributed by atoms with van der Waals surface area (Å²) in [6.45, 7) is 2.06. The third-order valence-electron chi connectivity index (χ3n) is 3.24. The number of carbonyl (C=O) groups is 1. The van der Waals surface area contributed by atoms with Crippen molar-refractivity contribution in [1.29, 1.82) is 0 Å². The molecule has 1 heterocycles. The number of nitrogens with zero attached hydrogens (tertiary/aromatic N) is 1. The van der Waals surface area contributed by atoms with Crippen LogP contribution in [0.4, 0.5) is 0 Å². The first-order chi connectivity index (χ1) is 7.74. The van der Waals surface area contributed by atoms with Crippen molar-refractivity contribution in [3.63, 3.8) is 0 Å². The molecule has 3 rings (SSSR count). The number of carbonyl (C=O) groups excluding carboxylic acids is 1. The molecule has 1 aromatic rings. The van der Waals surface area contributed by atoms with E-state index in [4.69, 9.17) is 0 Å². The maximum Gasteiger partial charge on any atom is 0.223 e. The summed E-state index contributed by atoms with van der Waals surface area (Å²) in [5.41, 5.74) is 0. The lowest BCUT2D eigenvalue weighted by molar-refractivity contribution is -0.123. The van der Waals surface area contributed by atoms with Gasteiger partial charge in [0.1, 0.15) is 5.01 Å². The van der Waals surface area contributed by atoms with E-state index in [1.54, 1.807) is 11.3 Å². The molecule has 2 aliphatic rings. The van der Waals surface area contributed by atoms with E-state index >= 15 is 0 Å². The zero-order chi connectivity index (χ0) is 11.1. The Balaban J connectivity index is 1.72. The molecule has 4 heteroatoms. The monoisotopic (exact) mass is 236 g/mol. The Morgan fingerprint density at radius 2 is 2.25 bits per heavy atom. The lowest BCUT2D eigenvalue weighted by Crippen LogP contribution is -2.30. The highest BCUT2D eigenvalue weighted by Gasteiger charge is 2.38. The fourth-order valence-electron chi connectivity index (χ4n) is 1.94. The molecule has 0 aromatic carbocycles. The number of amides is 1. The van der Waals surface area contributed by atoms with Crippen LogP contribution in [0.2, 0.25) is 0 Å². The quantitative estimate of drug-likeness (QED) is 0.872. The number of thiazole rings is 1. The van der Waals surface area contributed by atoms with E-state index in [1.807, 2.05) is 6.20 Å². The number of aromatic nitrogens is 1. The molecule has 1 atom stereocenters. The molecule has 1 amide bonds. The van der Waals surface area contributed by atoms with E-state index < -0.39 is 0 Å². The summed E-state index contributed by atoms with van der Waals surface area (Å²) in [7, 11) is 0. The fraction of sp³-hybridized carbons (Fsp3) is 0.667. The summed E-state index contributed by atoms with van der Waals surface area (Å²) >= 11 is 1.71. The molecule has 0 bridgehead atoms. The van der Waals surface area contributed by atoms with Crippen molar-refractivity contribution in [2.24, 2.45) is 11.8 Å². The van der Waals surface area contributed by atoms with Gasteiger partial charge in [0, 0.05) is 17.0 Å². The molecule has 2 aliphatic carbocycles. The van der Waals surface area contributed by atoms with E-state index in [9.17, 15) is 4.79 Å². The number of hydrogen-bond acceptors (Lipinski definition) is 3. The van der Waals surface area contributed by atoms with Crippen LogP contribution < -0.4 is 5.32 Å². The minimum Gasteiger partial charge on any atom is -0.346 e. The van der Waals surface area contributed by atoms with Crippen molar-refractivity contribution >= 4 is 17.2 Å². The summed E-state index contributed by atoms with van der Waals surface area (Å²) in [6, 6.07) is 0.187. The molecule has 0 unspecified atom stereocenters. The third-order valence-corrected chi connectivity index (χ3v) is 4.24. The van der Waals surface area contributed by atoms with Crippen LogP contribution in [0.15, 0.2) is 6.20 Å². The Bertz CT molecular complexity index is 407. The van der Waals surface area contributed by atoms with Gasteiger partial charge in [0.15, 0.2) is 0 Å². The van der Waals surface area contributed by atoms with Crippen molar-refractivity contribution in [2.75, 3.05) is 0 Å². The lowest BCUT2D eigenvalue weighted by atomic mass is 10.2. The van der Waals surface area contributed by atoms with E-state index in [1.165, 1.54) is 17.7 Å². The molecule has 2 saturated carbocycles. The van der Waals surface area contributed by atoms with Crippen molar-refractivity contribution in [3.05, 3.63) is 16.1 Å². The fourth-order valence-corrected chi connectivity index (χ4v) is 2.86. The average Bonchev–Trinajstić information content (AvgIpc) is 3.13. The zero-order valence-electron chi connectivity index (χ0n) is 9.40. The second kappa shape index (κ2) is 3.84. The Kier molecular flexibility index (Phi) is 2.46. The first kappa shape index (κ1) is 10.3. The van der Waals surface area contributed by atoms with Crippen LogP contribution in [0.5, 0.6) is 0 Å². The summed E-state index contributed by atoms with van der Waals surface area (Å²) in [5, 5.41) is 4.27. The van der Waals surface area contributed by atoms with Gasteiger partial charge < -0.3 is 5.32 Å². The number of rotatable bonds is 4. The first-order valence-electron chi connectivity index (χ1n) is 5.97. The summed E-state index contributed by atoms with van der Waals surface area (Å²) in [6.07, 6.45) is 6.50. The standard InChI is InChI=1S/C12H16N2OS/c1-7-6-13-12(16-7)10(8-2-3-8)14-11(15)9-4-5-9/h6,8-10H,2-5H2,1H3,(H,14,15)/t10-/m1/s1. The SMILES string of the molecule is Cc1cnc([C@H](NC(=O)C2CC2)C2CC2)s1. The van der Waals surface area contributed by atoms with Crippen molar-refractivity contribution in [1.82, 2.24) is 10.3 Å². The Morgan fingerprint density at radius 1 is 1.50 bits per heavy atom. The molecule has 0 spiro atoms. The lowest BCUT2D eigenvalue weighted by Gasteiger charge is -2.15. The highest BCUT2D eigenvalue weighted by atomic mass is 32.1. The van der Waals surface area contributed by atoms with Gasteiger partial charge in [0.05, 0.1) is 6.04 Å². The highest BCUT2D eigenvalue weighted by Crippen LogP contribution is 2.42. The Morgan fingerprint density at radius 3 is 2.75 bits per heavy atom. The van der Waals surface area contributed by atoms with Crippen LogP contribution in [0.1, 0.15) is 41.6 Å². The maximum atomic E-state index is 11.8. The normalized spacial score (nSPS) is 21.8. The van der Waals surface area contributed by atoms with Gasteiger partial charge in [-0.2, -0.15) is 0 Å². The van der Waals surface area contributed by atoms with Crippen molar-refractivity contribution < 1.29 is 4.79 Å². The summed E-state index contributed by atoms with van der Waals surface area (Å²) < 4.78 is 0. The van der Waals surface area contributed by atoms with Crippen LogP contribution in [0.25, 0.3) is 0 Å². The summed E-state index contributed by atoms with van der Waals surface area (Å²) in [4.78, 5) is 17.4. The van der Waals surface area contributed by atoms with Crippen LogP contribution in [-0.4, -0.2) is 10.9 Å². The predicted molar refractivity (Wildman–Crippen MR) is 63.2 cm³/mol. The van der Waals surface area contributed by atoms with Crippen LogP contribution >= 0.6 is 11.3 Å². The molecule has 16 heavy (non-hydrogen) atoms. The minimum absolute atomic E-state index is 0.187. The molecular weight excluding hydrogens is 220 g/mol. The maximum absolute atomic E-state index is 11.8. The molecule has 1 N–H and O–H groups in total. The van der Waals surface area contributed by atoms with E-state index in [-0.39, 0.29) is 11.9 Å². The first-order valence-corrected chi connectivity index (χ1v) is 6.78. The second-order valence-corrected chi connectivity index (χ2v) is 6.17. The minimum atomic E-state index is 0.187. The molecule has 1 aromatic heterocycles. The van der Waals surface area contributed by atoms with Crippen LogP contribution in [0, 0.1) is 18.8 Å². The van der Waals surface area contributed by atoms with Gasteiger partial charge in [-0.05, 0) is 38.5 Å². The highest BCUT2D eigenvalue weighted by molar-refractivity contribution is 7.11. The van der Waals surface area contributed by atoms with Crippen LogP contribution in [0.3, 0.4) is 0 Å². The van der Waals surface area contributed by atoms with E-state index in [2.05, 4.69) is 17.2 Å². The Hall–Kier alpha value is -0.900. The zero-order valence-corrected chi connectivity index (χ0v) is 10.2. The average molecular weight is 236 g/mol. The van der Waals surface area contributed by atoms with E-state index in [0.29, 0.717) is 11.8 Å². The molecule has 0 aliphatic heterocycles. The molecule has 0 radical (unpaired) electrons. The molecule has 0 saturated heterocycles. The topological polar surface area (TPSA) is 42.0 Å². The third kappa shape index (κ3) is 2.12. The van der Waals surface area contributed by atoms with Gasteiger partial charge in [-0.3, -0.25) is 4.79 Å². The smallest absolute Gasteiger partial charge is 0.223 e. The van der Waals surface area contributed by atoms with Gasteiger partial charge in [-0.1, -0.05) is 0 Å². The van der Waals surface area contributed by atoms with Crippen LogP contribution in [-0.2, 0) is 4.79 Å². The molecule has 86 valence electrons. The number of hydrogen-bond donors (Lipinski definition) is 1. The van der Waals surface area contributed by atoms with E-state index in [0.717, 1.165) is 17.8 Å². The predicted octanol–water partition coefficient (Wildman–Crippen LogP) is 2.43. The summed E-state index contributed by atoms with van der Waals surface area (Å²) in [5.74, 6) is 1.17. The van der Waals surface area contributed by atoms with Crippen molar-refractivity contribution in [3.8, 4) is 0 Å². The van der Waals surface area contributed by atoms with Gasteiger partial charge in [0.2, 0.25) is 5.91 Å². The molecule has 3 nitrogen and oxygen atoms in total. The Labute approximate surface area is 99.3 Å². The molecule has 2 fully saturated rings. The number of aryl methyl sites for hydroxylation is 1. The van der Waals surface area contributed by atoms with Gasteiger partial charge >= 0.3 is 0 Å². The number of nitrogens with one attached hydrogen (secondary N) is 1. The van der Waals surface area contributed by atoms with Crippen molar-refractivity contribution in [2.45, 2.75) is 38.6 Å². The van der Waals surface area contributed by atoms with Gasteiger partial charge in [-0.25, -0.2) is 4.98 Å². The van der Waals surface area contributed by atoms with Gasteiger partial charge in [-0.15, -0.1) is 11.3 Å². The molecular formula is C12H16N2OS. The largest absolute Gasteiger partial charge is 0.346 e. The second-order valence-electron chi connectivity index (χ2n) is 4.91.